The van der Waals surface area contributed by atoms with E-state index in [0.717, 1.165) is 55.4 Å². The lowest BCUT2D eigenvalue weighted by Crippen LogP contribution is -2.51. The summed E-state index contributed by atoms with van der Waals surface area (Å²) in [4.78, 5) is 13.0. The van der Waals surface area contributed by atoms with Gasteiger partial charge in [-0.3, -0.25) is 0 Å². The van der Waals surface area contributed by atoms with Gasteiger partial charge in [0.25, 0.3) is 0 Å². The van der Waals surface area contributed by atoms with E-state index < -0.39 is 33.9 Å². The number of pyridine rings is 2. The number of piperazine rings is 1. The number of aliphatic hydroxyl groups excluding tert-OH is 1. The van der Waals surface area contributed by atoms with Crippen LogP contribution in [0.3, 0.4) is 0 Å². The molecule has 2 aromatic heterocycles. The molecule has 0 radical (unpaired) electrons. The molecule has 40 heavy (non-hydrogen) atoms. The van der Waals surface area contributed by atoms with E-state index in [9.17, 15) is 26.7 Å². The van der Waals surface area contributed by atoms with Gasteiger partial charge in [0, 0.05) is 57.2 Å². The minimum absolute atomic E-state index is 0.112. The number of alkyl halides is 3. The summed E-state index contributed by atoms with van der Waals surface area (Å²) in [7, 11) is -1.76. The first kappa shape index (κ1) is 28.3. The molecule has 0 saturated carbocycles. The number of anilines is 2. The number of β-amino-alcohol motifs (C(OH)–C–C–N with tert-alkyl or cyclic N) is 1. The van der Waals surface area contributed by atoms with E-state index in [1.54, 1.807) is 30.5 Å². The number of sulfonamides is 1. The molecule has 3 aromatic rings. The highest BCUT2D eigenvalue weighted by Gasteiger charge is 2.35. The van der Waals surface area contributed by atoms with Crippen LogP contribution >= 0.6 is 0 Å². The van der Waals surface area contributed by atoms with E-state index in [1.807, 2.05) is 12.1 Å². The molecule has 2 N–H and O–H groups in total. The summed E-state index contributed by atoms with van der Waals surface area (Å²) in [6.45, 7) is 3.80. The lowest BCUT2D eigenvalue weighted by Gasteiger charge is -2.35. The standard InChI is InChI=1S/C27H31F3N6O3S/c1-34-12-14-35(15-13-34)26-9-4-20(16-32-26)19-2-6-22(7-3-19)40(38,39)36-11-10-23(24(37)18-36)33-25-8-5-21(17-31-25)27(28,29)30/h2-9,16-17,23-24,37H,10-15,18H2,1H3,(H,31,33)/t23-,24+/m1/s1. The Hall–Kier alpha value is -3.26. The maximum absolute atomic E-state index is 13.3. The molecule has 1 aromatic carbocycles. The van der Waals surface area contributed by atoms with Crippen molar-refractivity contribution in [3.8, 4) is 11.1 Å². The van der Waals surface area contributed by atoms with Gasteiger partial charge in [0.1, 0.15) is 11.6 Å². The highest BCUT2D eigenvalue weighted by Crippen LogP contribution is 2.30. The largest absolute Gasteiger partial charge is 0.417 e. The topological polar surface area (TPSA) is 102 Å². The van der Waals surface area contributed by atoms with Gasteiger partial charge in [-0.1, -0.05) is 12.1 Å². The number of aliphatic hydroxyl groups is 1. The predicted octanol–water partition coefficient (Wildman–Crippen LogP) is 3.15. The van der Waals surface area contributed by atoms with E-state index in [0.29, 0.717) is 0 Å². The Balaban J connectivity index is 1.20. The van der Waals surface area contributed by atoms with Crippen molar-refractivity contribution in [2.75, 3.05) is 56.5 Å². The van der Waals surface area contributed by atoms with Crippen molar-refractivity contribution in [2.45, 2.75) is 29.6 Å². The molecule has 0 amide bonds. The Morgan fingerprint density at radius 3 is 2.17 bits per heavy atom. The average Bonchev–Trinajstić information content (AvgIpc) is 2.94. The Kier molecular flexibility index (Phi) is 8.00. The minimum atomic E-state index is -4.49. The molecular formula is C27H31F3N6O3S. The van der Waals surface area contributed by atoms with E-state index in [1.165, 1.54) is 10.4 Å². The maximum Gasteiger partial charge on any atom is 0.417 e. The number of piperidine rings is 1. The van der Waals surface area contributed by atoms with Crippen LogP contribution in [0.5, 0.6) is 0 Å². The van der Waals surface area contributed by atoms with Crippen LogP contribution in [0.2, 0.25) is 0 Å². The molecule has 0 unspecified atom stereocenters. The van der Waals surface area contributed by atoms with Crippen LogP contribution in [0.25, 0.3) is 11.1 Å². The van der Waals surface area contributed by atoms with Gasteiger partial charge in [-0.25, -0.2) is 18.4 Å². The van der Waals surface area contributed by atoms with E-state index in [4.69, 9.17) is 0 Å². The summed E-state index contributed by atoms with van der Waals surface area (Å²) < 4.78 is 66.1. The molecule has 13 heteroatoms. The second-order valence-corrected chi connectivity index (χ2v) is 12.1. The third kappa shape index (κ3) is 6.22. The van der Waals surface area contributed by atoms with Gasteiger partial charge >= 0.3 is 6.18 Å². The molecule has 5 rings (SSSR count). The van der Waals surface area contributed by atoms with Gasteiger partial charge < -0.3 is 20.2 Å². The molecule has 9 nitrogen and oxygen atoms in total. The van der Waals surface area contributed by atoms with Gasteiger partial charge in [-0.05, 0) is 55.4 Å². The van der Waals surface area contributed by atoms with Crippen LogP contribution in [-0.2, 0) is 16.2 Å². The van der Waals surface area contributed by atoms with E-state index in [2.05, 4.69) is 32.1 Å². The number of halogens is 3. The third-order valence-electron chi connectivity index (χ3n) is 7.37. The number of likely N-dealkylation sites (N-methyl/N-ethyl adjacent to an activating group) is 1. The quantitative estimate of drug-likeness (QED) is 0.462. The van der Waals surface area contributed by atoms with Crippen molar-refractivity contribution < 1.29 is 26.7 Å². The third-order valence-corrected chi connectivity index (χ3v) is 9.25. The first-order valence-electron chi connectivity index (χ1n) is 13.0. The summed E-state index contributed by atoms with van der Waals surface area (Å²) in [5, 5.41) is 13.5. The van der Waals surface area contributed by atoms with Crippen LogP contribution in [-0.4, -0.2) is 91.2 Å². The minimum Gasteiger partial charge on any atom is -0.390 e. The Labute approximate surface area is 231 Å². The van der Waals surface area contributed by atoms with Crippen molar-refractivity contribution in [3.05, 3.63) is 66.5 Å². The summed E-state index contributed by atoms with van der Waals surface area (Å²) in [6, 6.07) is 12.1. The smallest absolute Gasteiger partial charge is 0.390 e. The van der Waals surface area contributed by atoms with Crippen molar-refractivity contribution in [1.29, 1.82) is 0 Å². The van der Waals surface area contributed by atoms with Crippen LogP contribution in [0.15, 0.2) is 65.8 Å². The summed E-state index contributed by atoms with van der Waals surface area (Å²) in [5.41, 5.74) is 0.842. The van der Waals surface area contributed by atoms with Crippen molar-refractivity contribution in [2.24, 2.45) is 0 Å². The number of benzene rings is 1. The monoisotopic (exact) mass is 576 g/mol. The van der Waals surface area contributed by atoms with Gasteiger partial charge in [0.05, 0.1) is 22.6 Å². The molecule has 0 spiro atoms. The second kappa shape index (κ2) is 11.3. The number of nitrogens with one attached hydrogen (secondary N) is 1. The molecule has 2 fully saturated rings. The lowest BCUT2D eigenvalue weighted by molar-refractivity contribution is -0.137. The van der Waals surface area contributed by atoms with Crippen molar-refractivity contribution >= 4 is 21.7 Å². The second-order valence-electron chi connectivity index (χ2n) is 10.1. The van der Waals surface area contributed by atoms with Crippen molar-refractivity contribution in [3.63, 3.8) is 0 Å². The molecular weight excluding hydrogens is 545 g/mol. The van der Waals surface area contributed by atoms with Gasteiger partial charge in [0.2, 0.25) is 10.0 Å². The van der Waals surface area contributed by atoms with Gasteiger partial charge in [-0.15, -0.1) is 0 Å². The average molecular weight is 577 g/mol. The zero-order valence-electron chi connectivity index (χ0n) is 21.9. The summed E-state index contributed by atoms with van der Waals surface area (Å²) >= 11 is 0. The first-order valence-corrected chi connectivity index (χ1v) is 14.4. The fourth-order valence-electron chi connectivity index (χ4n) is 4.87. The molecule has 214 valence electrons. The number of hydrogen-bond donors (Lipinski definition) is 2. The number of aromatic nitrogens is 2. The molecule has 2 saturated heterocycles. The predicted molar refractivity (Wildman–Crippen MR) is 145 cm³/mol. The Morgan fingerprint density at radius 1 is 0.900 bits per heavy atom. The summed E-state index contributed by atoms with van der Waals surface area (Å²) in [6.07, 6.45) is -2.80. The molecule has 2 aliphatic heterocycles. The first-order chi connectivity index (χ1) is 19.0. The van der Waals surface area contributed by atoms with Crippen LogP contribution in [0, 0.1) is 0 Å². The van der Waals surface area contributed by atoms with Gasteiger partial charge in [-0.2, -0.15) is 17.5 Å². The van der Waals surface area contributed by atoms with Crippen LogP contribution in [0.1, 0.15) is 12.0 Å². The molecule has 2 atom stereocenters. The Bertz CT molecular complexity index is 1400. The highest BCUT2D eigenvalue weighted by molar-refractivity contribution is 7.89. The van der Waals surface area contributed by atoms with Gasteiger partial charge in [0.15, 0.2) is 0 Å². The summed E-state index contributed by atoms with van der Waals surface area (Å²) in [5.74, 6) is 1.09. The number of rotatable bonds is 6. The number of hydrogen-bond acceptors (Lipinski definition) is 8. The zero-order valence-corrected chi connectivity index (χ0v) is 22.7. The van der Waals surface area contributed by atoms with Crippen molar-refractivity contribution in [1.82, 2.24) is 19.2 Å². The number of nitrogens with zero attached hydrogens (tertiary/aromatic N) is 5. The van der Waals surface area contributed by atoms with Crippen LogP contribution < -0.4 is 10.2 Å². The van der Waals surface area contributed by atoms with E-state index in [-0.39, 0.29) is 30.2 Å². The fourth-order valence-corrected chi connectivity index (χ4v) is 6.35. The molecule has 2 aliphatic rings. The molecule has 0 aliphatic carbocycles. The fraction of sp³-hybridized carbons (Fsp3) is 0.407. The SMILES string of the molecule is CN1CCN(c2ccc(-c3ccc(S(=O)(=O)N4CC[C@@H](Nc5ccc(C(F)(F)F)cn5)[C@@H](O)C4)cc3)cn2)CC1. The Morgan fingerprint density at radius 2 is 1.60 bits per heavy atom. The molecule has 4 heterocycles. The normalized spacial score (nSPS) is 21.4. The zero-order chi connectivity index (χ0) is 28.5. The highest BCUT2D eigenvalue weighted by atomic mass is 32.2. The lowest BCUT2D eigenvalue weighted by atomic mass is 10.0. The van der Waals surface area contributed by atoms with Crippen LogP contribution in [0.4, 0.5) is 24.8 Å². The maximum atomic E-state index is 13.3. The van der Waals surface area contributed by atoms with E-state index >= 15 is 0 Å². The molecule has 0 bridgehead atoms.